The van der Waals surface area contributed by atoms with E-state index < -0.39 is 0 Å². The average molecular weight is 1920 g/mol. The molecule has 8 aliphatic heterocycles. The minimum Gasteiger partial charge on any atom is -0.447 e. The van der Waals surface area contributed by atoms with Crippen LogP contribution in [0.4, 0.5) is 19.2 Å². The number of hydrogen-bond acceptors (Lipinski definition) is 19. The quantitative estimate of drug-likeness (QED) is 0.0282. The van der Waals surface area contributed by atoms with Crippen molar-refractivity contribution in [1.29, 1.82) is 0 Å². The smallest absolute Gasteiger partial charge is 0.410 e. The van der Waals surface area contributed by atoms with Crippen LogP contribution in [0.1, 0.15) is 363 Å². The lowest BCUT2D eigenvalue weighted by atomic mass is 9.95. The summed E-state index contributed by atoms with van der Waals surface area (Å²) in [5.74, 6) is 7.08. The monoisotopic (exact) mass is 1920 g/mol. The Hall–Kier alpha value is -4.38. The zero-order valence-corrected chi connectivity index (χ0v) is 93.8. The van der Waals surface area contributed by atoms with E-state index in [2.05, 4.69) is 215 Å². The molecule has 0 aromatic carbocycles. The number of rotatable bonds is 39. The van der Waals surface area contributed by atoms with Crippen molar-refractivity contribution in [3.8, 4) is 0 Å². The molecule has 26 heteroatoms. The lowest BCUT2D eigenvalue weighted by molar-refractivity contribution is -0.127. The number of urea groups is 1. The molecular weight excluding hydrogens is 1690 g/mol. The summed E-state index contributed by atoms with van der Waals surface area (Å²) < 4.78 is 21.5. The molecule has 8 rings (SSSR count). The van der Waals surface area contributed by atoms with Crippen LogP contribution in [-0.2, 0) is 28.5 Å². The largest absolute Gasteiger partial charge is 0.447 e. The van der Waals surface area contributed by atoms with Gasteiger partial charge in [-0.1, -0.05) is 138 Å². The summed E-state index contributed by atoms with van der Waals surface area (Å²) in [6, 6.07) is 3.02. The van der Waals surface area contributed by atoms with E-state index >= 15 is 0 Å². The third kappa shape index (κ3) is 71.7. The Kier molecular flexibility index (Phi) is 71.9. The molecule has 0 aliphatic carbocycles. The molecule has 0 unspecified atom stereocenters. The maximum Gasteiger partial charge on any atom is 0.410 e. The maximum atomic E-state index is 11.9. The van der Waals surface area contributed by atoms with Gasteiger partial charge < -0.3 is 95.4 Å². The predicted molar refractivity (Wildman–Crippen MR) is 568 cm³/mol. The number of carbonyl (C=O) groups excluding carboxylic acids is 6. The van der Waals surface area contributed by atoms with Gasteiger partial charge in [-0.15, -0.1) is 0 Å². The van der Waals surface area contributed by atoms with Gasteiger partial charge in [-0.05, 0) is 350 Å². The van der Waals surface area contributed by atoms with Gasteiger partial charge in [0.15, 0.2) is 0 Å². The molecule has 0 saturated carbocycles. The molecule has 0 spiro atoms. The van der Waals surface area contributed by atoms with E-state index in [1.165, 1.54) is 149 Å². The first-order chi connectivity index (χ1) is 63.5. The number of ether oxygens (including phenoxy) is 4. The van der Waals surface area contributed by atoms with Crippen molar-refractivity contribution in [3.05, 3.63) is 0 Å². The third-order valence-electron chi connectivity index (χ3n) is 26.0. The highest BCUT2D eigenvalue weighted by molar-refractivity contribution is 5.79. The molecule has 7 amide bonds. The second kappa shape index (κ2) is 75.4. The number of nitrogens with zero attached hydrogens (tertiary/aromatic N) is 9. The van der Waals surface area contributed by atoms with Crippen LogP contribution in [0, 0.1) is 59.2 Å². The van der Waals surface area contributed by atoms with E-state index in [1.54, 1.807) is 0 Å². The van der Waals surface area contributed by atoms with Gasteiger partial charge in [0.2, 0.25) is 11.8 Å². The van der Waals surface area contributed by atoms with E-state index in [9.17, 15) is 28.8 Å². The van der Waals surface area contributed by atoms with E-state index in [0.29, 0.717) is 30.3 Å². The fourth-order valence-corrected chi connectivity index (χ4v) is 17.1. The summed E-state index contributed by atoms with van der Waals surface area (Å²) in [4.78, 5) is 91.6. The molecule has 0 atom stereocenters. The number of nitrogens with one attached hydrogen (secondary N) is 7. The molecule has 0 bridgehead atoms. The molecule has 0 aromatic heterocycles. The SMILES string of the molecule is CC(C)CCN1CCC(C(=O)NC(C)C)CC1.CC(C)CCN1CCC(NC(=O)C(C)C)CC1.CC(C)CCN1CCC(NC(=O)NC(C)C)CC1.CC(C)CCN1CCC(NC(=O)OC(C)C)CC1.CC(C)CCN1CCC(NC(C)C)CC1.CC(C)CCN1CCC(OC(=O)NC(C)C)CC1.CC(C)CCN1CCC(OC(C)C)CC1.CC(C)CCN1CCN(C(=O)OC(C)C)CC1. The van der Waals surface area contributed by atoms with Crippen LogP contribution in [0.25, 0.3) is 0 Å². The molecular formula is C109H222N16O10. The van der Waals surface area contributed by atoms with Crippen molar-refractivity contribution in [1.82, 2.24) is 81.3 Å². The third-order valence-corrected chi connectivity index (χ3v) is 26.0. The van der Waals surface area contributed by atoms with Gasteiger partial charge in [0.05, 0.1) is 24.4 Å². The lowest BCUT2D eigenvalue weighted by Gasteiger charge is -2.34. The summed E-state index contributed by atoms with van der Waals surface area (Å²) in [5, 5.41) is 21.4. The average Bonchev–Trinajstić information content (AvgIpc) is 0.880. The number of alkyl carbamates (subject to hydrolysis) is 2. The van der Waals surface area contributed by atoms with Gasteiger partial charge in [0, 0.05) is 152 Å². The molecule has 8 saturated heterocycles. The van der Waals surface area contributed by atoms with Crippen LogP contribution in [0.3, 0.4) is 0 Å². The lowest BCUT2D eigenvalue weighted by Crippen LogP contribution is -2.49. The predicted octanol–water partition coefficient (Wildman–Crippen LogP) is 19.6. The maximum absolute atomic E-state index is 11.9. The fraction of sp³-hybridized carbons (Fsp3) is 0.945. The first-order valence-electron chi connectivity index (χ1n) is 55.3. The molecule has 0 aromatic rings. The molecule has 135 heavy (non-hydrogen) atoms. The molecule has 7 N–H and O–H groups in total. The highest BCUT2D eigenvalue weighted by Crippen LogP contribution is 2.23. The molecule has 26 nitrogen and oxygen atoms in total. The van der Waals surface area contributed by atoms with Gasteiger partial charge in [0.1, 0.15) is 6.10 Å². The van der Waals surface area contributed by atoms with Crippen LogP contribution in [-0.4, -0.2) is 329 Å². The van der Waals surface area contributed by atoms with Crippen molar-refractivity contribution in [3.63, 3.8) is 0 Å². The minimum atomic E-state index is -0.273. The number of likely N-dealkylation sites (tertiary alicyclic amines) is 7. The Labute approximate surface area is 831 Å². The summed E-state index contributed by atoms with van der Waals surface area (Å²) in [6.45, 7) is 97.6. The number of amides is 7. The molecule has 798 valence electrons. The second-order valence-electron chi connectivity index (χ2n) is 46.3. The molecule has 0 radical (unpaired) electrons. The normalized spacial score (nSPS) is 18.9. The summed E-state index contributed by atoms with van der Waals surface area (Å²) in [6.07, 6.45) is 25.9. The van der Waals surface area contributed by atoms with E-state index in [-0.39, 0.29) is 90.4 Å². The topological polar surface area (TPSA) is 253 Å². The van der Waals surface area contributed by atoms with Crippen molar-refractivity contribution in [2.24, 2.45) is 59.2 Å². The highest BCUT2D eigenvalue weighted by Gasteiger charge is 2.31. The van der Waals surface area contributed by atoms with Crippen LogP contribution in [0.15, 0.2) is 0 Å². The Morgan fingerprint density at radius 2 is 0.548 bits per heavy atom. The summed E-state index contributed by atoms with van der Waals surface area (Å²) in [5.41, 5.74) is 0. The number of piperidine rings is 7. The minimum absolute atomic E-state index is 0.0226. The van der Waals surface area contributed by atoms with Gasteiger partial charge in [-0.3, -0.25) is 14.5 Å². The zero-order chi connectivity index (χ0) is 102. The summed E-state index contributed by atoms with van der Waals surface area (Å²) >= 11 is 0. The van der Waals surface area contributed by atoms with Crippen LogP contribution < -0.4 is 37.2 Å². The number of piperazine rings is 1. The first-order valence-corrected chi connectivity index (χ1v) is 55.3. The number of carbonyl (C=O) groups is 6. The standard InChI is InChI=1S/C14H29N3O.2C14H28N2O2.2C14H28N2O.C13H26N2O2.C13H28N2.C13H27NO/c1-11(2)5-8-17-9-6-13(7-10-17)16-14(18)15-12(3)4;1-11(2)5-8-16-9-6-13(7-10-16)15-14(17)18-12(3)4;1-11(2)5-8-16-9-6-13(7-10-16)18-14(17)15-12(3)4;1-11(2)5-8-16-9-6-13(7-10-16)14(17)15-12(3)4;1-11(2)5-8-16-9-6-13(7-10-16)15-14(17)12(3)4;1-11(2)5-6-14-7-9-15(10-8-14)13(16)17-12(3)4;1-11(2)5-8-15-9-6-13(7-10-15)14-12(3)4;1-11(2)5-8-14-9-6-13(7-10-14)15-12(3)4/h11-13H,5-10H2,1-4H3,(H2,15,16,18);2*11-13H,5-10H2,1-4H3,(H,15,17);2*11-13H,5-10H2,1-4H3,(H,15,17);11-12H,5-10H2,1-4H3;11-14H,5-10H2,1-4H3;11-13H,5-10H2,1-4H3. The van der Waals surface area contributed by atoms with Crippen molar-refractivity contribution >= 4 is 36.1 Å². The Bertz CT molecular complexity index is 2680. The van der Waals surface area contributed by atoms with E-state index in [4.69, 9.17) is 18.9 Å². The van der Waals surface area contributed by atoms with Crippen LogP contribution in [0.2, 0.25) is 0 Å². The Morgan fingerprint density at radius 1 is 0.267 bits per heavy atom. The van der Waals surface area contributed by atoms with Crippen molar-refractivity contribution in [2.45, 2.75) is 442 Å². The fourth-order valence-electron chi connectivity index (χ4n) is 17.1. The second-order valence-corrected chi connectivity index (χ2v) is 46.3. The van der Waals surface area contributed by atoms with E-state index in [1.807, 2.05) is 88.0 Å². The van der Waals surface area contributed by atoms with Crippen molar-refractivity contribution in [2.75, 3.05) is 170 Å². The van der Waals surface area contributed by atoms with Crippen LogP contribution >= 0.6 is 0 Å². The van der Waals surface area contributed by atoms with Crippen LogP contribution in [0.5, 0.6) is 0 Å². The Balaban J connectivity index is 0.000000772. The molecule has 8 heterocycles. The summed E-state index contributed by atoms with van der Waals surface area (Å²) in [7, 11) is 0. The van der Waals surface area contributed by atoms with Gasteiger partial charge in [-0.25, -0.2) is 19.2 Å². The zero-order valence-electron chi connectivity index (χ0n) is 93.8. The van der Waals surface area contributed by atoms with Crippen molar-refractivity contribution < 1.29 is 47.7 Å². The van der Waals surface area contributed by atoms with E-state index in [0.717, 1.165) is 216 Å². The first kappa shape index (κ1) is 129. The van der Waals surface area contributed by atoms with Gasteiger partial charge in [0.25, 0.3) is 0 Å². The van der Waals surface area contributed by atoms with Gasteiger partial charge in [-0.2, -0.15) is 0 Å². The molecule has 8 aliphatic rings. The number of hydrogen-bond donors (Lipinski definition) is 7. The highest BCUT2D eigenvalue weighted by atomic mass is 16.6. The van der Waals surface area contributed by atoms with Gasteiger partial charge >= 0.3 is 24.3 Å². The molecule has 8 fully saturated rings. The Morgan fingerprint density at radius 3 is 0.837 bits per heavy atom.